The summed E-state index contributed by atoms with van der Waals surface area (Å²) in [5, 5.41) is 21.4. The van der Waals surface area contributed by atoms with Crippen molar-refractivity contribution in [1.29, 1.82) is 0 Å². The SMILES string of the molecule is CC(C)(C)c1cccc(C2(NCC(O)C(Cc3cc(F)cc(F)c3)Nc3cccs3)CCCCC2)c1. The number of nitrogens with one attached hydrogen (secondary N) is 2. The average molecular weight is 513 g/mol. The molecule has 0 radical (unpaired) electrons. The Morgan fingerprint density at radius 1 is 0.972 bits per heavy atom. The first-order valence-electron chi connectivity index (χ1n) is 12.9. The normalized spacial score (nSPS) is 17.5. The number of thiophene rings is 1. The molecule has 2 aromatic carbocycles. The molecule has 1 fully saturated rings. The largest absolute Gasteiger partial charge is 0.390 e. The first-order chi connectivity index (χ1) is 17.1. The molecule has 3 nitrogen and oxygen atoms in total. The minimum Gasteiger partial charge on any atom is -0.390 e. The van der Waals surface area contributed by atoms with Crippen LogP contribution in [0.3, 0.4) is 0 Å². The number of hydrogen-bond donors (Lipinski definition) is 3. The third-order valence-corrected chi connectivity index (χ3v) is 8.13. The molecule has 0 bridgehead atoms. The number of anilines is 1. The molecule has 194 valence electrons. The molecule has 36 heavy (non-hydrogen) atoms. The van der Waals surface area contributed by atoms with Crippen molar-refractivity contribution < 1.29 is 13.9 Å². The minimum absolute atomic E-state index is 0.0569. The second-order valence-corrected chi connectivity index (χ2v) is 12.1. The van der Waals surface area contributed by atoms with Crippen molar-refractivity contribution in [2.75, 3.05) is 11.9 Å². The van der Waals surface area contributed by atoms with Crippen molar-refractivity contribution in [3.63, 3.8) is 0 Å². The van der Waals surface area contributed by atoms with Crippen LogP contribution in [0.15, 0.2) is 60.0 Å². The lowest BCUT2D eigenvalue weighted by Gasteiger charge is -2.41. The highest BCUT2D eigenvalue weighted by Crippen LogP contribution is 2.38. The number of aliphatic hydroxyl groups is 1. The van der Waals surface area contributed by atoms with Gasteiger partial charge >= 0.3 is 0 Å². The number of halogens is 2. The van der Waals surface area contributed by atoms with Crippen molar-refractivity contribution in [2.45, 2.75) is 82.4 Å². The van der Waals surface area contributed by atoms with E-state index >= 15 is 0 Å². The summed E-state index contributed by atoms with van der Waals surface area (Å²) in [7, 11) is 0. The highest BCUT2D eigenvalue weighted by atomic mass is 32.1. The van der Waals surface area contributed by atoms with E-state index in [-0.39, 0.29) is 11.0 Å². The van der Waals surface area contributed by atoms with Gasteiger partial charge in [0.15, 0.2) is 0 Å². The van der Waals surface area contributed by atoms with E-state index in [0.29, 0.717) is 18.5 Å². The van der Waals surface area contributed by atoms with Crippen LogP contribution >= 0.6 is 11.3 Å². The van der Waals surface area contributed by atoms with Crippen LogP contribution in [0.25, 0.3) is 0 Å². The van der Waals surface area contributed by atoms with Gasteiger partial charge in [-0.2, -0.15) is 0 Å². The predicted molar refractivity (Wildman–Crippen MR) is 146 cm³/mol. The summed E-state index contributed by atoms with van der Waals surface area (Å²) in [6, 6.07) is 15.9. The van der Waals surface area contributed by atoms with Crippen LogP contribution in [0.4, 0.5) is 13.8 Å². The average Bonchev–Trinajstić information content (AvgIpc) is 3.35. The summed E-state index contributed by atoms with van der Waals surface area (Å²) in [5.74, 6) is -1.21. The van der Waals surface area contributed by atoms with E-state index in [1.807, 2.05) is 17.5 Å². The topological polar surface area (TPSA) is 44.3 Å². The molecule has 0 aliphatic heterocycles. The molecule has 0 spiro atoms. The minimum atomic E-state index is -0.761. The predicted octanol–water partition coefficient (Wildman–Crippen LogP) is 7.16. The Morgan fingerprint density at radius 3 is 2.33 bits per heavy atom. The summed E-state index contributed by atoms with van der Waals surface area (Å²) in [6.45, 7) is 7.06. The van der Waals surface area contributed by atoms with E-state index in [9.17, 15) is 13.9 Å². The maximum atomic E-state index is 13.9. The molecule has 1 aromatic heterocycles. The maximum Gasteiger partial charge on any atom is 0.126 e. The Bertz CT molecular complexity index is 1100. The van der Waals surface area contributed by atoms with Gasteiger partial charge in [0.1, 0.15) is 11.6 Å². The van der Waals surface area contributed by atoms with Gasteiger partial charge in [-0.1, -0.05) is 64.3 Å². The molecule has 1 heterocycles. The zero-order valence-electron chi connectivity index (χ0n) is 21.5. The zero-order valence-corrected chi connectivity index (χ0v) is 22.3. The van der Waals surface area contributed by atoms with E-state index < -0.39 is 23.8 Å². The van der Waals surface area contributed by atoms with Crippen molar-refractivity contribution in [3.05, 3.63) is 88.3 Å². The van der Waals surface area contributed by atoms with E-state index in [0.717, 1.165) is 36.8 Å². The third kappa shape index (κ3) is 6.72. The van der Waals surface area contributed by atoms with E-state index in [1.165, 1.54) is 29.7 Å². The number of aliphatic hydroxyl groups excluding tert-OH is 1. The lowest BCUT2D eigenvalue weighted by atomic mass is 9.74. The summed E-state index contributed by atoms with van der Waals surface area (Å²) in [6.07, 6.45) is 5.09. The molecule has 1 aliphatic rings. The highest BCUT2D eigenvalue weighted by molar-refractivity contribution is 7.14. The van der Waals surface area contributed by atoms with Crippen molar-refractivity contribution in [3.8, 4) is 0 Å². The van der Waals surface area contributed by atoms with Crippen LogP contribution in [0.1, 0.15) is 69.6 Å². The van der Waals surface area contributed by atoms with E-state index in [1.54, 1.807) is 11.3 Å². The summed E-state index contributed by atoms with van der Waals surface area (Å²) in [4.78, 5) is 0. The molecule has 1 aliphatic carbocycles. The van der Waals surface area contributed by atoms with Crippen LogP contribution in [0.2, 0.25) is 0 Å². The standard InChI is InChI=1S/C30H38F2N2OS/c1-29(2,3)22-9-7-10-23(18-22)30(12-5-4-6-13-30)33-20-27(35)26(34-28-11-8-14-36-28)17-21-15-24(31)19-25(32)16-21/h7-11,14-16,18-19,26-27,33-35H,4-6,12-13,17,20H2,1-3H3. The van der Waals surface area contributed by atoms with Gasteiger partial charge in [0.05, 0.1) is 17.1 Å². The van der Waals surface area contributed by atoms with Crippen LogP contribution in [0, 0.1) is 11.6 Å². The first-order valence-corrected chi connectivity index (χ1v) is 13.8. The summed E-state index contributed by atoms with van der Waals surface area (Å²) < 4.78 is 27.7. The molecule has 0 saturated heterocycles. The van der Waals surface area contributed by atoms with Gasteiger partial charge in [-0.05, 0) is 71.0 Å². The van der Waals surface area contributed by atoms with Crippen LogP contribution in [0.5, 0.6) is 0 Å². The van der Waals surface area contributed by atoms with Crippen LogP contribution in [-0.2, 0) is 17.4 Å². The number of hydrogen-bond acceptors (Lipinski definition) is 4. The molecular weight excluding hydrogens is 474 g/mol. The quantitative estimate of drug-likeness (QED) is 0.285. The van der Waals surface area contributed by atoms with E-state index in [2.05, 4.69) is 55.7 Å². The molecule has 1 saturated carbocycles. The Balaban J connectivity index is 1.55. The van der Waals surface area contributed by atoms with Crippen LogP contribution < -0.4 is 10.6 Å². The van der Waals surface area contributed by atoms with E-state index in [4.69, 9.17) is 0 Å². The molecule has 6 heteroatoms. The van der Waals surface area contributed by atoms with Gasteiger partial charge in [0, 0.05) is 18.2 Å². The fourth-order valence-corrected chi connectivity index (χ4v) is 5.94. The molecule has 3 N–H and O–H groups in total. The zero-order chi connectivity index (χ0) is 25.8. The van der Waals surface area contributed by atoms with Crippen molar-refractivity contribution >= 4 is 16.3 Å². The molecule has 4 rings (SSSR count). The lowest BCUT2D eigenvalue weighted by Crippen LogP contribution is -2.50. The Morgan fingerprint density at radius 2 is 1.69 bits per heavy atom. The van der Waals surface area contributed by atoms with Gasteiger partial charge in [-0.15, -0.1) is 11.3 Å². The molecule has 0 amide bonds. The first kappa shape index (κ1) is 26.8. The van der Waals surface area contributed by atoms with Crippen LogP contribution in [-0.4, -0.2) is 23.8 Å². The molecule has 2 unspecified atom stereocenters. The Labute approximate surface area is 218 Å². The van der Waals surface area contributed by atoms with Gasteiger partial charge in [0.25, 0.3) is 0 Å². The molecule has 2 atom stereocenters. The Kier molecular flexibility index (Phi) is 8.48. The second-order valence-electron chi connectivity index (χ2n) is 11.1. The fraction of sp³-hybridized carbons (Fsp3) is 0.467. The lowest BCUT2D eigenvalue weighted by molar-refractivity contribution is 0.122. The Hall–Kier alpha value is -2.28. The molecule has 3 aromatic rings. The van der Waals surface area contributed by atoms with Crippen molar-refractivity contribution in [2.24, 2.45) is 0 Å². The fourth-order valence-electron chi connectivity index (χ4n) is 5.26. The summed E-state index contributed by atoms with van der Waals surface area (Å²) in [5.41, 5.74) is 2.96. The van der Waals surface area contributed by atoms with Gasteiger partial charge in [-0.25, -0.2) is 8.78 Å². The number of benzene rings is 2. The second kappa shape index (κ2) is 11.4. The third-order valence-electron chi connectivity index (χ3n) is 7.33. The van der Waals surface area contributed by atoms with Gasteiger partial charge < -0.3 is 15.7 Å². The highest BCUT2D eigenvalue weighted by Gasteiger charge is 2.35. The number of rotatable bonds is 9. The summed E-state index contributed by atoms with van der Waals surface area (Å²) >= 11 is 1.54. The molecular formula is C30H38F2N2OS. The van der Waals surface area contributed by atoms with Crippen molar-refractivity contribution in [1.82, 2.24) is 5.32 Å². The smallest absolute Gasteiger partial charge is 0.126 e. The van der Waals surface area contributed by atoms with Gasteiger partial charge in [0.2, 0.25) is 0 Å². The maximum absolute atomic E-state index is 13.9. The van der Waals surface area contributed by atoms with Gasteiger partial charge in [-0.3, -0.25) is 0 Å². The monoisotopic (exact) mass is 512 g/mol.